The molecule has 0 aliphatic rings. The Kier molecular flexibility index (Phi) is 6.12. The van der Waals surface area contributed by atoms with Crippen molar-refractivity contribution in [1.82, 2.24) is 15.1 Å². The summed E-state index contributed by atoms with van der Waals surface area (Å²) in [4.78, 5) is 12.0. The van der Waals surface area contributed by atoms with Gasteiger partial charge in [0.05, 0.1) is 11.9 Å². The number of carbonyl (C=O) groups excluding carboxylic acids is 1. The van der Waals surface area contributed by atoms with Crippen LogP contribution in [0.1, 0.15) is 16.8 Å². The van der Waals surface area contributed by atoms with Crippen molar-refractivity contribution < 1.29 is 22.7 Å². The van der Waals surface area contributed by atoms with Gasteiger partial charge in [-0.3, -0.25) is 0 Å². The van der Waals surface area contributed by atoms with Gasteiger partial charge in [-0.1, -0.05) is 35.9 Å². The summed E-state index contributed by atoms with van der Waals surface area (Å²) in [5, 5.41) is 6.56. The molecule has 0 radical (unpaired) electrons. The Hall–Kier alpha value is -3.00. The van der Waals surface area contributed by atoms with E-state index in [0.717, 1.165) is 17.3 Å². The fourth-order valence-electron chi connectivity index (χ4n) is 2.77. The molecule has 29 heavy (non-hydrogen) atoms. The number of nitrogens with one attached hydrogen (secondary N) is 1. The molecule has 0 fully saturated rings. The van der Waals surface area contributed by atoms with E-state index < -0.39 is 23.7 Å². The van der Waals surface area contributed by atoms with Crippen molar-refractivity contribution in [2.45, 2.75) is 19.5 Å². The maximum absolute atomic E-state index is 13.6. The fourth-order valence-corrected chi connectivity index (χ4v) is 2.90. The Morgan fingerprint density at radius 3 is 2.52 bits per heavy atom. The van der Waals surface area contributed by atoms with Crippen molar-refractivity contribution in [1.29, 1.82) is 0 Å². The van der Waals surface area contributed by atoms with E-state index in [1.54, 1.807) is 0 Å². The largest absolute Gasteiger partial charge is 0.437 e. The van der Waals surface area contributed by atoms with Gasteiger partial charge in [0, 0.05) is 11.6 Å². The number of benzene rings is 2. The summed E-state index contributed by atoms with van der Waals surface area (Å²) in [6.07, 6.45) is -4.39. The molecule has 0 aliphatic carbocycles. The first-order valence-electron chi connectivity index (χ1n) is 8.67. The van der Waals surface area contributed by atoms with Gasteiger partial charge >= 0.3 is 12.3 Å². The molecule has 0 unspecified atom stereocenters. The number of halogens is 4. The molecule has 0 aliphatic heterocycles. The van der Waals surface area contributed by atoms with Crippen LogP contribution in [0, 0.1) is 6.92 Å². The minimum atomic E-state index is -4.78. The molecule has 1 aromatic heterocycles. The van der Waals surface area contributed by atoms with Gasteiger partial charge in [0.2, 0.25) is 0 Å². The SMILES string of the molecule is Cc1ccccc1CCNC(=O)Oc1cnn(-c2ccc(Cl)cc2)c1C(F)(F)F. The van der Waals surface area contributed by atoms with E-state index >= 15 is 0 Å². The average Bonchev–Trinajstić information content (AvgIpc) is 3.08. The van der Waals surface area contributed by atoms with E-state index in [0.29, 0.717) is 16.1 Å². The summed E-state index contributed by atoms with van der Waals surface area (Å²) < 4.78 is 46.3. The van der Waals surface area contributed by atoms with Crippen LogP contribution < -0.4 is 10.1 Å². The molecule has 2 aromatic carbocycles. The standard InChI is InChI=1S/C20H17ClF3N3O2/c1-13-4-2-3-5-14(13)10-11-25-19(28)29-17-12-26-27(18(17)20(22,23)24)16-8-6-15(21)7-9-16/h2-9,12H,10-11H2,1H3,(H,25,28). The molecule has 1 N–H and O–H groups in total. The number of ether oxygens (including phenoxy) is 1. The Morgan fingerprint density at radius 2 is 1.86 bits per heavy atom. The van der Waals surface area contributed by atoms with Crippen LogP contribution in [0.15, 0.2) is 54.7 Å². The molecule has 1 heterocycles. The van der Waals surface area contributed by atoms with Crippen molar-refractivity contribution >= 4 is 17.7 Å². The predicted molar refractivity (Wildman–Crippen MR) is 102 cm³/mol. The lowest BCUT2D eigenvalue weighted by atomic mass is 10.1. The number of aryl methyl sites for hydroxylation is 1. The highest BCUT2D eigenvalue weighted by atomic mass is 35.5. The second kappa shape index (κ2) is 8.57. The third kappa shape index (κ3) is 5.08. The van der Waals surface area contributed by atoms with Crippen LogP contribution in [-0.2, 0) is 12.6 Å². The van der Waals surface area contributed by atoms with E-state index in [1.165, 1.54) is 24.3 Å². The number of amides is 1. The van der Waals surface area contributed by atoms with Crippen LogP contribution in [0.5, 0.6) is 5.75 Å². The number of hydrogen-bond donors (Lipinski definition) is 1. The van der Waals surface area contributed by atoms with Gasteiger partial charge in [-0.15, -0.1) is 0 Å². The predicted octanol–water partition coefficient (Wildman–Crippen LogP) is 5.18. The summed E-state index contributed by atoms with van der Waals surface area (Å²) in [6, 6.07) is 13.3. The third-order valence-corrected chi connectivity index (χ3v) is 4.45. The van der Waals surface area contributed by atoms with Crippen molar-refractivity contribution in [2.24, 2.45) is 0 Å². The van der Waals surface area contributed by atoms with Crippen LogP contribution in [-0.4, -0.2) is 22.4 Å². The summed E-state index contributed by atoms with van der Waals surface area (Å²) in [6.45, 7) is 2.16. The van der Waals surface area contributed by atoms with Crippen molar-refractivity contribution in [2.75, 3.05) is 6.54 Å². The molecule has 1 amide bonds. The summed E-state index contributed by atoms with van der Waals surface area (Å²) >= 11 is 5.78. The zero-order valence-electron chi connectivity index (χ0n) is 15.3. The zero-order chi connectivity index (χ0) is 21.0. The second-order valence-corrected chi connectivity index (χ2v) is 6.67. The number of rotatable bonds is 5. The van der Waals surface area contributed by atoms with Crippen molar-refractivity contribution in [3.63, 3.8) is 0 Å². The van der Waals surface area contributed by atoms with Gasteiger partial charge < -0.3 is 10.1 Å². The number of alkyl halides is 3. The first-order valence-corrected chi connectivity index (χ1v) is 9.05. The Bertz CT molecular complexity index is 1000. The highest BCUT2D eigenvalue weighted by Crippen LogP contribution is 2.37. The van der Waals surface area contributed by atoms with Crippen molar-refractivity contribution in [3.05, 3.63) is 76.6 Å². The van der Waals surface area contributed by atoms with Gasteiger partial charge in [0.1, 0.15) is 0 Å². The molecule has 0 saturated heterocycles. The van der Waals surface area contributed by atoms with Crippen LogP contribution in [0.25, 0.3) is 5.69 Å². The third-order valence-electron chi connectivity index (χ3n) is 4.20. The lowest BCUT2D eigenvalue weighted by Gasteiger charge is -2.13. The number of carbonyl (C=O) groups is 1. The summed E-state index contributed by atoms with van der Waals surface area (Å²) in [7, 11) is 0. The van der Waals surface area contributed by atoms with E-state index in [9.17, 15) is 18.0 Å². The molecule has 0 atom stereocenters. The lowest BCUT2D eigenvalue weighted by molar-refractivity contribution is -0.143. The molecule has 0 spiro atoms. The minimum absolute atomic E-state index is 0.136. The Labute approximate surface area is 170 Å². The topological polar surface area (TPSA) is 56.1 Å². The normalized spacial score (nSPS) is 11.3. The first-order chi connectivity index (χ1) is 13.8. The highest BCUT2D eigenvalue weighted by Gasteiger charge is 2.40. The fraction of sp³-hybridized carbons (Fsp3) is 0.200. The zero-order valence-corrected chi connectivity index (χ0v) is 16.1. The first kappa shape index (κ1) is 20.7. The molecule has 152 valence electrons. The molecule has 9 heteroatoms. The average molecular weight is 424 g/mol. The smallest absolute Gasteiger partial charge is 0.406 e. The molecular formula is C20H17ClF3N3O2. The summed E-state index contributed by atoms with van der Waals surface area (Å²) in [5.41, 5.74) is 1.04. The second-order valence-electron chi connectivity index (χ2n) is 6.24. The van der Waals surface area contributed by atoms with E-state index in [4.69, 9.17) is 16.3 Å². The number of nitrogens with zero attached hydrogens (tertiary/aromatic N) is 2. The van der Waals surface area contributed by atoms with Gasteiger partial charge in [-0.05, 0) is 48.7 Å². The van der Waals surface area contributed by atoms with E-state index in [-0.39, 0.29) is 12.2 Å². The van der Waals surface area contributed by atoms with Gasteiger partial charge in [-0.2, -0.15) is 18.3 Å². The van der Waals surface area contributed by atoms with Crippen molar-refractivity contribution in [3.8, 4) is 11.4 Å². The molecule has 0 saturated carbocycles. The molecule has 5 nitrogen and oxygen atoms in total. The quantitative estimate of drug-likeness (QED) is 0.615. The molecule has 0 bridgehead atoms. The van der Waals surface area contributed by atoms with Crippen LogP contribution in [0.3, 0.4) is 0 Å². The molecule has 3 rings (SSSR count). The van der Waals surface area contributed by atoms with Crippen LogP contribution in [0.4, 0.5) is 18.0 Å². The summed E-state index contributed by atoms with van der Waals surface area (Å²) in [5.74, 6) is -0.680. The number of aromatic nitrogens is 2. The molecular weight excluding hydrogens is 407 g/mol. The lowest BCUT2D eigenvalue weighted by Crippen LogP contribution is -2.29. The van der Waals surface area contributed by atoms with E-state index in [2.05, 4.69) is 10.4 Å². The maximum atomic E-state index is 13.6. The Balaban J connectivity index is 1.72. The highest BCUT2D eigenvalue weighted by molar-refractivity contribution is 6.30. The van der Waals surface area contributed by atoms with Gasteiger partial charge in [0.15, 0.2) is 11.4 Å². The van der Waals surface area contributed by atoms with E-state index in [1.807, 2.05) is 31.2 Å². The van der Waals surface area contributed by atoms with Crippen LogP contribution in [0.2, 0.25) is 5.02 Å². The van der Waals surface area contributed by atoms with Gasteiger partial charge in [0.25, 0.3) is 0 Å². The van der Waals surface area contributed by atoms with Crippen LogP contribution >= 0.6 is 11.6 Å². The monoisotopic (exact) mass is 423 g/mol. The minimum Gasteiger partial charge on any atom is -0.406 e. The maximum Gasteiger partial charge on any atom is 0.437 e. The Morgan fingerprint density at radius 1 is 1.17 bits per heavy atom. The molecule has 3 aromatic rings. The number of hydrogen-bond acceptors (Lipinski definition) is 3. The van der Waals surface area contributed by atoms with Gasteiger partial charge in [-0.25, -0.2) is 9.48 Å².